The van der Waals surface area contributed by atoms with Gasteiger partial charge in [-0.2, -0.15) is 0 Å². The van der Waals surface area contributed by atoms with Gasteiger partial charge in [0.05, 0.1) is 6.04 Å². The SMILES string of the molecule is CC/C(=C\c1ccc(OCOC)c(OCOC)c1)C(=O)NC(Cc1ccccc1)[C@H](O)C(=O)NCc1ccccc1. The Morgan fingerprint density at radius 1 is 0.854 bits per heavy atom. The number of carbonyl (C=O) groups excluding carboxylic acids is 2. The van der Waals surface area contributed by atoms with Gasteiger partial charge in [0.2, 0.25) is 5.91 Å². The van der Waals surface area contributed by atoms with E-state index in [-0.39, 0.29) is 32.5 Å². The Labute approximate surface area is 241 Å². The summed E-state index contributed by atoms with van der Waals surface area (Å²) in [6.45, 7) is 2.19. The van der Waals surface area contributed by atoms with E-state index in [1.165, 1.54) is 14.2 Å². The Morgan fingerprint density at radius 3 is 2.07 bits per heavy atom. The number of rotatable bonds is 16. The van der Waals surface area contributed by atoms with Gasteiger partial charge in [-0.15, -0.1) is 0 Å². The third-order valence-electron chi connectivity index (χ3n) is 6.22. The standard InChI is InChI=1S/C32H38N2O7/c1-4-26(17-25-15-16-28(40-21-38-2)29(19-25)41-22-39-3)31(36)34-27(18-23-11-7-5-8-12-23)30(35)32(37)33-20-24-13-9-6-10-14-24/h5-17,19,27,30,35H,4,18,20-22H2,1-3H3,(H,33,37)(H,34,36)/b26-17+/t27?,30-/m0/s1. The van der Waals surface area contributed by atoms with Gasteiger partial charge in [0.1, 0.15) is 0 Å². The van der Waals surface area contributed by atoms with E-state index in [1.807, 2.05) is 67.6 Å². The second-order valence-corrected chi connectivity index (χ2v) is 9.25. The van der Waals surface area contributed by atoms with Crippen LogP contribution in [0.1, 0.15) is 30.0 Å². The van der Waals surface area contributed by atoms with Gasteiger partial charge in [-0.25, -0.2) is 0 Å². The van der Waals surface area contributed by atoms with Crippen molar-refractivity contribution in [3.63, 3.8) is 0 Å². The number of hydrogen-bond donors (Lipinski definition) is 3. The number of ether oxygens (including phenoxy) is 4. The molecule has 2 atom stereocenters. The first-order valence-corrected chi connectivity index (χ1v) is 13.4. The maximum absolute atomic E-state index is 13.4. The van der Waals surface area contributed by atoms with Crippen molar-refractivity contribution in [3.05, 3.63) is 101 Å². The van der Waals surface area contributed by atoms with Gasteiger partial charge < -0.3 is 34.7 Å². The fourth-order valence-corrected chi connectivity index (χ4v) is 4.06. The Hall–Kier alpha value is -4.18. The minimum atomic E-state index is -1.47. The molecule has 218 valence electrons. The highest BCUT2D eigenvalue weighted by Crippen LogP contribution is 2.29. The van der Waals surface area contributed by atoms with Crippen LogP contribution < -0.4 is 20.1 Å². The van der Waals surface area contributed by atoms with E-state index in [2.05, 4.69) is 10.6 Å². The molecule has 9 heteroatoms. The number of nitrogens with one attached hydrogen (secondary N) is 2. The molecule has 0 aromatic heterocycles. The zero-order chi connectivity index (χ0) is 29.5. The Balaban J connectivity index is 1.79. The van der Waals surface area contributed by atoms with Gasteiger partial charge in [0.15, 0.2) is 31.2 Å². The van der Waals surface area contributed by atoms with Crippen LogP contribution in [0.2, 0.25) is 0 Å². The number of amides is 2. The minimum Gasteiger partial charge on any atom is -0.464 e. The van der Waals surface area contributed by atoms with Crippen molar-refractivity contribution in [3.8, 4) is 11.5 Å². The molecular formula is C32H38N2O7. The molecule has 3 aromatic rings. The highest BCUT2D eigenvalue weighted by molar-refractivity contribution is 5.98. The molecular weight excluding hydrogens is 524 g/mol. The molecule has 9 nitrogen and oxygen atoms in total. The molecule has 3 rings (SSSR count). The molecule has 0 heterocycles. The first-order valence-electron chi connectivity index (χ1n) is 13.4. The van der Waals surface area contributed by atoms with Gasteiger partial charge in [0.25, 0.3) is 5.91 Å². The van der Waals surface area contributed by atoms with Crippen molar-refractivity contribution >= 4 is 17.9 Å². The first-order chi connectivity index (χ1) is 19.9. The lowest BCUT2D eigenvalue weighted by atomic mass is 9.99. The lowest BCUT2D eigenvalue weighted by molar-refractivity contribution is -0.131. The monoisotopic (exact) mass is 562 g/mol. The molecule has 0 saturated carbocycles. The lowest BCUT2D eigenvalue weighted by Crippen LogP contribution is -2.51. The second kappa shape index (κ2) is 16.8. The molecule has 41 heavy (non-hydrogen) atoms. The zero-order valence-corrected chi connectivity index (χ0v) is 23.7. The molecule has 2 amide bonds. The number of carbonyl (C=O) groups is 2. The Kier molecular flexibility index (Phi) is 12.9. The summed E-state index contributed by atoms with van der Waals surface area (Å²) >= 11 is 0. The van der Waals surface area contributed by atoms with Crippen LogP contribution in [0.5, 0.6) is 11.5 Å². The van der Waals surface area contributed by atoms with Crippen molar-refractivity contribution in [1.29, 1.82) is 0 Å². The summed E-state index contributed by atoms with van der Waals surface area (Å²) in [6, 6.07) is 23.2. The third kappa shape index (κ3) is 10.1. The van der Waals surface area contributed by atoms with Crippen molar-refractivity contribution in [1.82, 2.24) is 10.6 Å². The molecule has 0 radical (unpaired) electrons. The molecule has 3 aromatic carbocycles. The fraction of sp³-hybridized carbons (Fsp3) is 0.312. The van der Waals surface area contributed by atoms with E-state index in [0.717, 1.165) is 11.1 Å². The number of aliphatic hydroxyl groups is 1. The summed E-state index contributed by atoms with van der Waals surface area (Å²) in [4.78, 5) is 26.4. The number of aliphatic hydroxyl groups excluding tert-OH is 1. The van der Waals surface area contributed by atoms with Gasteiger partial charge in [-0.1, -0.05) is 73.7 Å². The van der Waals surface area contributed by atoms with E-state index in [0.29, 0.717) is 29.1 Å². The number of methoxy groups -OCH3 is 2. The predicted molar refractivity (Wildman–Crippen MR) is 156 cm³/mol. The quantitative estimate of drug-likeness (QED) is 0.179. The molecule has 1 unspecified atom stereocenters. The zero-order valence-electron chi connectivity index (χ0n) is 23.7. The molecule has 0 saturated heterocycles. The van der Waals surface area contributed by atoms with Gasteiger partial charge in [0, 0.05) is 26.3 Å². The van der Waals surface area contributed by atoms with Crippen LogP contribution >= 0.6 is 0 Å². The van der Waals surface area contributed by atoms with Crippen LogP contribution in [0.4, 0.5) is 0 Å². The maximum Gasteiger partial charge on any atom is 0.251 e. The van der Waals surface area contributed by atoms with E-state index >= 15 is 0 Å². The molecule has 0 spiro atoms. The fourth-order valence-electron chi connectivity index (χ4n) is 4.06. The molecule has 0 aliphatic heterocycles. The summed E-state index contributed by atoms with van der Waals surface area (Å²) in [5, 5.41) is 16.7. The van der Waals surface area contributed by atoms with Crippen LogP contribution in [0.15, 0.2) is 84.4 Å². The normalized spacial score (nSPS) is 12.7. The maximum atomic E-state index is 13.4. The van der Waals surface area contributed by atoms with Crippen LogP contribution in [0.25, 0.3) is 6.08 Å². The first kappa shape index (κ1) is 31.3. The average Bonchev–Trinajstić information content (AvgIpc) is 3.01. The van der Waals surface area contributed by atoms with Crippen molar-refractivity contribution in [2.24, 2.45) is 0 Å². The van der Waals surface area contributed by atoms with Gasteiger partial charge in [-0.3, -0.25) is 9.59 Å². The Morgan fingerprint density at radius 2 is 1.46 bits per heavy atom. The van der Waals surface area contributed by atoms with Crippen molar-refractivity contribution in [2.45, 2.75) is 38.5 Å². The molecule has 3 N–H and O–H groups in total. The summed E-state index contributed by atoms with van der Waals surface area (Å²) in [6.07, 6.45) is 0.948. The minimum absolute atomic E-state index is 0.0169. The number of benzene rings is 3. The smallest absolute Gasteiger partial charge is 0.251 e. The summed E-state index contributed by atoms with van der Waals surface area (Å²) in [7, 11) is 3.04. The highest BCUT2D eigenvalue weighted by atomic mass is 16.7. The topological polar surface area (TPSA) is 115 Å². The van der Waals surface area contributed by atoms with Crippen LogP contribution in [-0.2, 0) is 32.0 Å². The van der Waals surface area contributed by atoms with Crippen molar-refractivity contribution < 1.29 is 33.6 Å². The van der Waals surface area contributed by atoms with Gasteiger partial charge >= 0.3 is 0 Å². The van der Waals surface area contributed by atoms with E-state index in [1.54, 1.807) is 24.3 Å². The second-order valence-electron chi connectivity index (χ2n) is 9.25. The van der Waals surface area contributed by atoms with E-state index < -0.39 is 18.1 Å². The predicted octanol–water partition coefficient (Wildman–Crippen LogP) is 3.85. The van der Waals surface area contributed by atoms with Crippen LogP contribution in [-0.4, -0.2) is 56.9 Å². The van der Waals surface area contributed by atoms with Crippen LogP contribution in [0, 0.1) is 0 Å². The lowest BCUT2D eigenvalue weighted by Gasteiger charge is -2.24. The summed E-state index contributed by atoms with van der Waals surface area (Å²) in [5.74, 6) is -0.0526. The average molecular weight is 563 g/mol. The molecule has 0 aliphatic carbocycles. The Bertz CT molecular complexity index is 1270. The summed E-state index contributed by atoms with van der Waals surface area (Å²) < 4.78 is 21.2. The number of hydrogen-bond acceptors (Lipinski definition) is 7. The largest absolute Gasteiger partial charge is 0.464 e. The van der Waals surface area contributed by atoms with Gasteiger partial charge in [-0.05, 0) is 47.7 Å². The molecule has 0 aliphatic rings. The highest BCUT2D eigenvalue weighted by Gasteiger charge is 2.28. The molecule has 0 fully saturated rings. The van der Waals surface area contributed by atoms with E-state index in [4.69, 9.17) is 18.9 Å². The van der Waals surface area contributed by atoms with E-state index in [9.17, 15) is 14.7 Å². The third-order valence-corrected chi connectivity index (χ3v) is 6.22. The molecule has 0 bridgehead atoms. The summed E-state index contributed by atoms with van der Waals surface area (Å²) in [5.41, 5.74) is 2.94. The van der Waals surface area contributed by atoms with Crippen LogP contribution in [0.3, 0.4) is 0 Å². The van der Waals surface area contributed by atoms with Crippen molar-refractivity contribution in [2.75, 3.05) is 27.8 Å².